The molecule has 8 heteroatoms. The zero-order chi connectivity index (χ0) is 17.5. The van der Waals surface area contributed by atoms with Gasteiger partial charge in [0.25, 0.3) is 11.6 Å². The summed E-state index contributed by atoms with van der Waals surface area (Å²) in [5.74, 6) is -0.544. The highest BCUT2D eigenvalue weighted by Crippen LogP contribution is 2.25. The van der Waals surface area contributed by atoms with E-state index in [4.69, 9.17) is 4.74 Å². The Hall–Kier alpha value is -3.42. The molecule has 2 aromatic carbocycles. The van der Waals surface area contributed by atoms with Gasteiger partial charge >= 0.3 is 6.03 Å². The SMILES string of the molecule is CNC(=O)NC(=O)[C@H](Oc1cccc([N+](=O)[O-])c1)c1ccccc1. The summed E-state index contributed by atoms with van der Waals surface area (Å²) in [5, 5.41) is 15.3. The van der Waals surface area contributed by atoms with Gasteiger partial charge in [0.1, 0.15) is 5.75 Å². The lowest BCUT2D eigenvalue weighted by atomic mass is 10.1. The molecule has 0 aromatic heterocycles. The molecule has 0 saturated carbocycles. The Balaban J connectivity index is 2.29. The molecule has 0 aliphatic carbocycles. The molecule has 0 bridgehead atoms. The van der Waals surface area contributed by atoms with Gasteiger partial charge in [0.2, 0.25) is 6.10 Å². The van der Waals surface area contributed by atoms with Gasteiger partial charge in [-0.15, -0.1) is 0 Å². The minimum atomic E-state index is -1.13. The van der Waals surface area contributed by atoms with E-state index in [-0.39, 0.29) is 11.4 Å². The lowest BCUT2D eigenvalue weighted by Gasteiger charge is -2.18. The summed E-state index contributed by atoms with van der Waals surface area (Å²) in [6, 6.07) is 13.3. The van der Waals surface area contributed by atoms with Crippen LogP contribution in [0.3, 0.4) is 0 Å². The summed E-state index contributed by atoms with van der Waals surface area (Å²) in [6.07, 6.45) is -1.13. The quantitative estimate of drug-likeness (QED) is 0.645. The van der Waals surface area contributed by atoms with Crippen molar-refractivity contribution in [3.8, 4) is 5.75 Å². The van der Waals surface area contributed by atoms with Crippen LogP contribution in [0, 0.1) is 10.1 Å². The van der Waals surface area contributed by atoms with Crippen LogP contribution in [-0.4, -0.2) is 23.9 Å². The van der Waals surface area contributed by atoms with Gasteiger partial charge in [-0.05, 0) is 6.07 Å². The number of rotatable bonds is 5. The smallest absolute Gasteiger partial charge is 0.321 e. The zero-order valence-electron chi connectivity index (χ0n) is 12.8. The molecule has 1 atom stereocenters. The molecule has 0 aliphatic heterocycles. The maximum absolute atomic E-state index is 12.3. The molecule has 8 nitrogen and oxygen atoms in total. The lowest BCUT2D eigenvalue weighted by molar-refractivity contribution is -0.384. The Kier molecular flexibility index (Phi) is 5.45. The highest BCUT2D eigenvalue weighted by atomic mass is 16.6. The monoisotopic (exact) mass is 329 g/mol. The van der Waals surface area contributed by atoms with E-state index in [2.05, 4.69) is 10.6 Å². The molecule has 0 heterocycles. The number of benzene rings is 2. The van der Waals surface area contributed by atoms with Crippen LogP contribution in [0.4, 0.5) is 10.5 Å². The Morgan fingerprint density at radius 2 is 1.83 bits per heavy atom. The zero-order valence-corrected chi connectivity index (χ0v) is 12.8. The molecule has 0 aliphatic rings. The fraction of sp³-hybridized carbons (Fsp3) is 0.125. The van der Waals surface area contributed by atoms with Gasteiger partial charge in [0.05, 0.1) is 11.0 Å². The Morgan fingerprint density at radius 1 is 1.12 bits per heavy atom. The van der Waals surface area contributed by atoms with Crippen molar-refractivity contribution >= 4 is 17.6 Å². The molecule has 3 amide bonds. The number of non-ortho nitro benzene ring substituents is 1. The minimum absolute atomic E-state index is 0.144. The number of nitrogens with one attached hydrogen (secondary N) is 2. The van der Waals surface area contributed by atoms with E-state index in [1.165, 1.54) is 31.3 Å². The number of ether oxygens (including phenoxy) is 1. The van der Waals surface area contributed by atoms with Crippen molar-refractivity contribution in [1.82, 2.24) is 10.6 Å². The first-order chi connectivity index (χ1) is 11.5. The standard InChI is InChI=1S/C16H15N3O5/c1-17-16(21)18-15(20)14(11-6-3-2-4-7-11)24-13-9-5-8-12(10-13)19(22)23/h2-10,14H,1H3,(H2,17,18,20,21)/t14-/m1/s1. The van der Waals surface area contributed by atoms with E-state index in [1.54, 1.807) is 30.3 Å². The van der Waals surface area contributed by atoms with E-state index in [9.17, 15) is 19.7 Å². The first kappa shape index (κ1) is 16.9. The second kappa shape index (κ2) is 7.73. The average molecular weight is 329 g/mol. The third-order valence-corrected chi connectivity index (χ3v) is 3.09. The summed E-state index contributed by atoms with van der Waals surface area (Å²) in [4.78, 5) is 34.0. The second-order valence-electron chi connectivity index (χ2n) is 4.73. The number of urea groups is 1. The molecule has 0 saturated heterocycles. The Labute approximate surface area is 137 Å². The molecule has 0 unspecified atom stereocenters. The summed E-state index contributed by atoms with van der Waals surface area (Å²) in [6.45, 7) is 0. The van der Waals surface area contributed by atoms with Gasteiger partial charge < -0.3 is 10.1 Å². The van der Waals surface area contributed by atoms with Crippen LogP contribution >= 0.6 is 0 Å². The average Bonchev–Trinajstić information content (AvgIpc) is 2.60. The van der Waals surface area contributed by atoms with E-state index in [1.807, 2.05) is 0 Å². The number of carbonyl (C=O) groups excluding carboxylic acids is 2. The summed E-state index contributed by atoms with van der Waals surface area (Å²) >= 11 is 0. The van der Waals surface area contributed by atoms with Gasteiger partial charge in [0, 0.05) is 18.7 Å². The summed E-state index contributed by atoms with van der Waals surface area (Å²) in [7, 11) is 1.38. The van der Waals surface area contributed by atoms with E-state index < -0.39 is 23.0 Å². The van der Waals surface area contributed by atoms with E-state index in [0.29, 0.717) is 5.56 Å². The van der Waals surface area contributed by atoms with E-state index in [0.717, 1.165) is 0 Å². The fourth-order valence-corrected chi connectivity index (χ4v) is 1.95. The van der Waals surface area contributed by atoms with Crippen LogP contribution in [0.2, 0.25) is 0 Å². The molecule has 0 fully saturated rings. The van der Waals surface area contributed by atoms with Crippen molar-refractivity contribution in [3.05, 3.63) is 70.3 Å². The summed E-state index contributed by atoms with van der Waals surface area (Å²) < 4.78 is 5.60. The van der Waals surface area contributed by atoms with Crippen LogP contribution in [0.5, 0.6) is 5.75 Å². The maximum atomic E-state index is 12.3. The lowest BCUT2D eigenvalue weighted by Crippen LogP contribution is -2.41. The molecule has 2 aromatic rings. The number of hydrogen-bond acceptors (Lipinski definition) is 5. The van der Waals surface area contributed by atoms with Crippen molar-refractivity contribution in [2.45, 2.75) is 6.10 Å². The highest BCUT2D eigenvalue weighted by molar-refractivity contribution is 5.97. The molecule has 0 radical (unpaired) electrons. The number of nitro groups is 1. The fourth-order valence-electron chi connectivity index (χ4n) is 1.95. The predicted octanol–water partition coefficient (Wildman–Crippen LogP) is 2.17. The van der Waals surface area contributed by atoms with Gasteiger partial charge in [0.15, 0.2) is 0 Å². The van der Waals surface area contributed by atoms with Crippen LogP contribution in [0.25, 0.3) is 0 Å². The van der Waals surface area contributed by atoms with Crippen LogP contribution in [0.1, 0.15) is 11.7 Å². The molecular weight excluding hydrogens is 314 g/mol. The van der Waals surface area contributed by atoms with Crippen LogP contribution < -0.4 is 15.4 Å². The highest BCUT2D eigenvalue weighted by Gasteiger charge is 2.24. The van der Waals surface area contributed by atoms with Crippen molar-refractivity contribution < 1.29 is 19.2 Å². The largest absolute Gasteiger partial charge is 0.476 e. The minimum Gasteiger partial charge on any atom is -0.476 e. The molecule has 2 N–H and O–H groups in total. The van der Waals surface area contributed by atoms with Crippen molar-refractivity contribution in [3.63, 3.8) is 0 Å². The number of nitrogens with zero attached hydrogens (tertiary/aromatic N) is 1. The number of nitro benzene ring substituents is 1. The normalized spacial score (nSPS) is 11.2. The number of imide groups is 1. The molecule has 124 valence electrons. The summed E-state index contributed by atoms with van der Waals surface area (Å²) in [5.41, 5.74) is 0.344. The topological polar surface area (TPSA) is 111 Å². The second-order valence-corrected chi connectivity index (χ2v) is 4.73. The number of carbonyl (C=O) groups is 2. The van der Waals surface area contributed by atoms with Crippen molar-refractivity contribution in [1.29, 1.82) is 0 Å². The van der Waals surface area contributed by atoms with Crippen LogP contribution in [0.15, 0.2) is 54.6 Å². The van der Waals surface area contributed by atoms with Gasteiger partial charge in [-0.1, -0.05) is 36.4 Å². The first-order valence-corrected chi connectivity index (χ1v) is 7.00. The third-order valence-electron chi connectivity index (χ3n) is 3.09. The van der Waals surface area contributed by atoms with E-state index >= 15 is 0 Å². The molecular formula is C16H15N3O5. The third kappa shape index (κ3) is 4.29. The van der Waals surface area contributed by atoms with Gasteiger partial charge in [-0.25, -0.2) is 4.79 Å². The Bertz CT molecular complexity index is 748. The van der Waals surface area contributed by atoms with Crippen molar-refractivity contribution in [2.24, 2.45) is 0 Å². The number of hydrogen-bond donors (Lipinski definition) is 2. The predicted molar refractivity (Wildman–Crippen MR) is 85.5 cm³/mol. The van der Waals surface area contributed by atoms with Crippen molar-refractivity contribution in [2.75, 3.05) is 7.05 Å². The van der Waals surface area contributed by atoms with Gasteiger partial charge in [-0.2, -0.15) is 0 Å². The van der Waals surface area contributed by atoms with Crippen LogP contribution in [-0.2, 0) is 4.79 Å². The molecule has 2 rings (SSSR count). The Morgan fingerprint density at radius 3 is 2.46 bits per heavy atom. The maximum Gasteiger partial charge on any atom is 0.321 e. The number of amides is 3. The first-order valence-electron chi connectivity index (χ1n) is 7.00. The van der Waals surface area contributed by atoms with Gasteiger partial charge in [-0.3, -0.25) is 20.2 Å². The molecule has 0 spiro atoms. The molecule has 24 heavy (non-hydrogen) atoms.